The van der Waals surface area contributed by atoms with E-state index in [4.69, 9.17) is 0 Å². The first-order valence-corrected chi connectivity index (χ1v) is 3.56. The second kappa shape index (κ2) is 3.67. The van der Waals surface area contributed by atoms with Crippen molar-refractivity contribution in [3.05, 3.63) is 36.5 Å². The number of allylic oxidation sites excluding steroid dienone is 2. The molecule has 0 atom stereocenters. The molecule has 0 aromatic rings. The Hall–Kier alpha value is -1.64. The summed E-state index contributed by atoms with van der Waals surface area (Å²) < 4.78 is 0. The van der Waals surface area contributed by atoms with Gasteiger partial charge in [0.2, 0.25) is 5.91 Å². The Bertz CT molecular complexity index is 287. The van der Waals surface area contributed by atoms with Crippen LogP contribution >= 0.6 is 0 Å². The number of nitrogens with one attached hydrogen (secondary N) is 1. The standard InChI is InChI=1S/C9H9NO2/c1-7-5-3-2-4-6-8(11)10-9(7)12/h2-5H,1,6H2,(H,10,11,12)/b4-2-,5-3-. The summed E-state index contributed by atoms with van der Waals surface area (Å²) in [6.07, 6.45) is 6.86. The molecule has 2 amide bonds. The van der Waals surface area contributed by atoms with Crippen LogP contribution in [0, 0.1) is 0 Å². The third-order valence-electron chi connectivity index (χ3n) is 1.39. The Labute approximate surface area is 70.5 Å². The van der Waals surface area contributed by atoms with E-state index in [-0.39, 0.29) is 17.9 Å². The lowest BCUT2D eigenvalue weighted by molar-refractivity contribution is -0.127. The summed E-state index contributed by atoms with van der Waals surface area (Å²) in [7, 11) is 0. The highest BCUT2D eigenvalue weighted by molar-refractivity contribution is 6.05. The van der Waals surface area contributed by atoms with E-state index in [1.165, 1.54) is 0 Å². The lowest BCUT2D eigenvalue weighted by atomic mass is 10.2. The molecule has 12 heavy (non-hydrogen) atoms. The maximum atomic E-state index is 11.0. The second-order valence-corrected chi connectivity index (χ2v) is 2.39. The van der Waals surface area contributed by atoms with Crippen LogP contribution in [-0.4, -0.2) is 11.8 Å². The molecule has 0 saturated heterocycles. The van der Waals surface area contributed by atoms with Gasteiger partial charge in [-0.15, -0.1) is 0 Å². The number of carbonyl (C=O) groups excluding carboxylic acids is 2. The van der Waals surface area contributed by atoms with Gasteiger partial charge in [0.15, 0.2) is 0 Å². The maximum absolute atomic E-state index is 11.0. The van der Waals surface area contributed by atoms with E-state index in [2.05, 4.69) is 11.9 Å². The van der Waals surface area contributed by atoms with E-state index >= 15 is 0 Å². The first-order chi connectivity index (χ1) is 5.70. The van der Waals surface area contributed by atoms with E-state index < -0.39 is 5.91 Å². The average Bonchev–Trinajstić information content (AvgIpc) is 2.07. The van der Waals surface area contributed by atoms with Crippen molar-refractivity contribution < 1.29 is 9.59 Å². The van der Waals surface area contributed by atoms with Gasteiger partial charge in [-0.05, 0) is 0 Å². The average molecular weight is 163 g/mol. The van der Waals surface area contributed by atoms with Crippen LogP contribution in [0.3, 0.4) is 0 Å². The molecule has 1 aliphatic rings. The Kier molecular flexibility index (Phi) is 2.58. The van der Waals surface area contributed by atoms with E-state index in [1.807, 2.05) is 0 Å². The third kappa shape index (κ3) is 2.20. The summed E-state index contributed by atoms with van der Waals surface area (Å²) in [6, 6.07) is 0. The minimum absolute atomic E-state index is 0.226. The van der Waals surface area contributed by atoms with Crippen LogP contribution in [0.25, 0.3) is 0 Å². The van der Waals surface area contributed by atoms with Gasteiger partial charge < -0.3 is 0 Å². The summed E-state index contributed by atoms with van der Waals surface area (Å²) in [5.41, 5.74) is 0.287. The maximum Gasteiger partial charge on any atom is 0.257 e. The monoisotopic (exact) mass is 163 g/mol. The first-order valence-electron chi connectivity index (χ1n) is 3.56. The minimum atomic E-state index is -0.431. The Morgan fingerprint density at radius 1 is 1.33 bits per heavy atom. The van der Waals surface area contributed by atoms with Gasteiger partial charge in [-0.25, -0.2) is 0 Å². The van der Waals surface area contributed by atoms with Gasteiger partial charge in [-0.3, -0.25) is 14.9 Å². The van der Waals surface area contributed by atoms with Gasteiger partial charge in [0.05, 0.1) is 0 Å². The fourth-order valence-corrected chi connectivity index (χ4v) is 0.759. The molecular weight excluding hydrogens is 154 g/mol. The number of rotatable bonds is 0. The lowest BCUT2D eigenvalue weighted by Gasteiger charge is -1.99. The van der Waals surface area contributed by atoms with E-state index in [0.29, 0.717) is 0 Å². The number of carbonyl (C=O) groups is 2. The predicted molar refractivity (Wildman–Crippen MR) is 45.2 cm³/mol. The van der Waals surface area contributed by atoms with Gasteiger partial charge in [0.25, 0.3) is 5.91 Å². The number of hydrogen-bond donors (Lipinski definition) is 1. The number of imide groups is 1. The molecule has 0 saturated carbocycles. The van der Waals surface area contributed by atoms with Gasteiger partial charge in [0.1, 0.15) is 0 Å². The summed E-state index contributed by atoms with van der Waals surface area (Å²) >= 11 is 0. The first kappa shape index (κ1) is 8.46. The third-order valence-corrected chi connectivity index (χ3v) is 1.39. The molecule has 0 unspecified atom stereocenters. The summed E-state index contributed by atoms with van der Waals surface area (Å²) in [6.45, 7) is 3.49. The molecule has 0 aromatic carbocycles. The van der Waals surface area contributed by atoms with Crippen LogP contribution in [0.5, 0.6) is 0 Å². The van der Waals surface area contributed by atoms with Crippen molar-refractivity contribution >= 4 is 11.8 Å². The molecule has 0 bridgehead atoms. The van der Waals surface area contributed by atoms with E-state index in [1.54, 1.807) is 24.3 Å². The minimum Gasteiger partial charge on any atom is -0.292 e. The predicted octanol–water partition coefficient (Wildman–Crippen LogP) is 0.701. The van der Waals surface area contributed by atoms with Crippen LogP contribution in [0.2, 0.25) is 0 Å². The number of hydrogen-bond acceptors (Lipinski definition) is 2. The molecule has 1 N–H and O–H groups in total. The molecule has 0 aliphatic carbocycles. The molecule has 0 fully saturated rings. The van der Waals surface area contributed by atoms with Crippen LogP contribution in [0.15, 0.2) is 36.5 Å². The molecular formula is C9H9NO2. The number of amides is 2. The highest BCUT2D eigenvalue weighted by Gasteiger charge is 2.08. The van der Waals surface area contributed by atoms with Crippen molar-refractivity contribution in [1.29, 1.82) is 0 Å². The van der Waals surface area contributed by atoms with Crippen molar-refractivity contribution in [3.8, 4) is 0 Å². The van der Waals surface area contributed by atoms with Crippen molar-refractivity contribution in [2.75, 3.05) is 0 Å². The molecule has 1 rings (SSSR count). The molecule has 0 aromatic heterocycles. The fourth-order valence-electron chi connectivity index (χ4n) is 0.759. The smallest absolute Gasteiger partial charge is 0.257 e. The normalized spacial score (nSPS) is 23.5. The lowest BCUT2D eigenvalue weighted by Crippen LogP contribution is -2.30. The molecule has 3 nitrogen and oxygen atoms in total. The van der Waals surface area contributed by atoms with E-state index in [0.717, 1.165) is 0 Å². The zero-order valence-corrected chi connectivity index (χ0v) is 6.54. The van der Waals surface area contributed by atoms with Crippen LogP contribution in [0.4, 0.5) is 0 Å². The SMILES string of the molecule is C=C1/C=C\C=C/CC(=O)NC1=O. The summed E-state index contributed by atoms with van der Waals surface area (Å²) in [5, 5.41) is 2.19. The van der Waals surface area contributed by atoms with E-state index in [9.17, 15) is 9.59 Å². The van der Waals surface area contributed by atoms with Crippen LogP contribution in [-0.2, 0) is 9.59 Å². The molecule has 0 radical (unpaired) electrons. The Balaban J connectivity index is 2.80. The van der Waals surface area contributed by atoms with Gasteiger partial charge in [-0.1, -0.05) is 30.9 Å². The summed E-state index contributed by atoms with van der Waals surface area (Å²) in [4.78, 5) is 21.9. The quantitative estimate of drug-likeness (QED) is 0.422. The Morgan fingerprint density at radius 2 is 2.08 bits per heavy atom. The fraction of sp³-hybridized carbons (Fsp3) is 0.111. The zero-order valence-electron chi connectivity index (χ0n) is 6.54. The molecule has 0 spiro atoms. The Morgan fingerprint density at radius 3 is 2.83 bits per heavy atom. The van der Waals surface area contributed by atoms with Gasteiger partial charge in [-0.2, -0.15) is 0 Å². The van der Waals surface area contributed by atoms with Crippen molar-refractivity contribution in [3.63, 3.8) is 0 Å². The largest absolute Gasteiger partial charge is 0.292 e. The van der Waals surface area contributed by atoms with Gasteiger partial charge >= 0.3 is 0 Å². The van der Waals surface area contributed by atoms with Crippen molar-refractivity contribution in [1.82, 2.24) is 5.32 Å². The topological polar surface area (TPSA) is 46.2 Å². The van der Waals surface area contributed by atoms with Crippen LogP contribution in [0.1, 0.15) is 6.42 Å². The van der Waals surface area contributed by atoms with Crippen LogP contribution < -0.4 is 5.32 Å². The van der Waals surface area contributed by atoms with Crippen molar-refractivity contribution in [2.24, 2.45) is 0 Å². The molecule has 1 aliphatic heterocycles. The molecule has 1 heterocycles. The second-order valence-electron chi connectivity index (χ2n) is 2.39. The van der Waals surface area contributed by atoms with Gasteiger partial charge in [0, 0.05) is 12.0 Å². The molecule has 62 valence electrons. The highest BCUT2D eigenvalue weighted by Crippen LogP contribution is 1.97. The molecule has 3 heteroatoms. The van der Waals surface area contributed by atoms with Crippen molar-refractivity contribution in [2.45, 2.75) is 6.42 Å². The summed E-state index contributed by atoms with van der Waals surface area (Å²) in [5.74, 6) is -0.735. The highest BCUT2D eigenvalue weighted by atomic mass is 16.2. The zero-order chi connectivity index (χ0) is 8.97.